The van der Waals surface area contributed by atoms with Gasteiger partial charge in [-0.15, -0.1) is 0 Å². The van der Waals surface area contributed by atoms with E-state index >= 15 is 0 Å². The summed E-state index contributed by atoms with van der Waals surface area (Å²) in [6.45, 7) is 26.7. The van der Waals surface area contributed by atoms with Crippen molar-refractivity contribution in [3.63, 3.8) is 0 Å². The Morgan fingerprint density at radius 1 is 0.272 bits per heavy atom. The smallest absolute Gasteiger partial charge is 0.235 e. The van der Waals surface area contributed by atoms with E-state index in [1.807, 2.05) is 24.3 Å². The van der Waals surface area contributed by atoms with Crippen LogP contribution in [-0.4, -0.2) is 161 Å². The van der Waals surface area contributed by atoms with E-state index in [0.29, 0.717) is 64.8 Å². The Kier molecular flexibility index (Phi) is 29.3. The van der Waals surface area contributed by atoms with Crippen LogP contribution < -0.4 is 0 Å². The van der Waals surface area contributed by atoms with Crippen molar-refractivity contribution in [1.82, 2.24) is 29.1 Å². The molecule has 11 aromatic carbocycles. The van der Waals surface area contributed by atoms with Gasteiger partial charge in [-0.3, -0.25) is 9.13 Å². The van der Waals surface area contributed by atoms with Crippen LogP contribution >= 0.6 is 0 Å². The number of nitrogens with zero attached hydrogens (tertiary/aromatic N) is 6. The molecule has 4 fully saturated rings. The summed E-state index contributed by atoms with van der Waals surface area (Å²) in [6, 6.07) is 76.6. The molecule has 4 aliphatic heterocycles. The Morgan fingerprint density at radius 2 is 0.603 bits per heavy atom. The maximum atomic E-state index is 7.04. The SMILES string of the molecule is CCC1(COCCCCCOCc2ccc3oc4c(c3c2)c2ccccc2c2c4c3cc(COCCCCCOCC4(CC)COC4)ccc3n2-c2nc(-c3ccccc3)c3ccccc3n2)COC1.CCC1(COCCCCCOCc2ccc3oc4ccc5c6cc(COCCCCCOCC7(CC)COC7)ccc6n(-c6nc(-c7ccccc7)c7ccccc7n6)c5c4c3c2)COC1. The second kappa shape index (κ2) is 43.0. The number of benzene rings is 11. The number of hydrogen-bond donors (Lipinski definition) is 0. The predicted molar refractivity (Wildman–Crippen MR) is 542 cm³/mol. The lowest BCUT2D eigenvalue weighted by Crippen LogP contribution is -2.45. The Morgan fingerprint density at radius 3 is 1.01 bits per heavy atom. The molecule has 0 spiro atoms. The molecule has 0 amide bonds. The molecule has 136 heavy (non-hydrogen) atoms. The molecule has 17 aromatic rings. The first-order chi connectivity index (χ1) is 67.1. The van der Waals surface area contributed by atoms with Gasteiger partial charge in [-0.1, -0.05) is 173 Å². The van der Waals surface area contributed by atoms with Crippen molar-refractivity contribution >= 4 is 120 Å². The zero-order chi connectivity index (χ0) is 92.1. The molecule has 0 unspecified atom stereocenters. The zero-order valence-corrected chi connectivity index (χ0v) is 79.5. The van der Waals surface area contributed by atoms with Crippen molar-refractivity contribution in [3.05, 3.63) is 241 Å². The number of ether oxygens (including phenoxy) is 12. The number of aromatic nitrogens is 6. The fourth-order valence-corrected chi connectivity index (χ4v) is 19.9. The molecule has 20 nitrogen and oxygen atoms in total. The van der Waals surface area contributed by atoms with Gasteiger partial charge in [0.25, 0.3) is 0 Å². The highest BCUT2D eigenvalue weighted by atomic mass is 16.5. The average molecular weight is 1830 g/mol. The molecule has 4 aliphatic rings. The molecule has 21 rings (SSSR count). The molecule has 20 heteroatoms. The molecule has 0 N–H and O–H groups in total. The minimum absolute atomic E-state index is 0.229. The van der Waals surface area contributed by atoms with Crippen LogP contribution in [0, 0.1) is 21.7 Å². The molecule has 4 saturated heterocycles. The van der Waals surface area contributed by atoms with Gasteiger partial charge < -0.3 is 65.7 Å². The van der Waals surface area contributed by atoms with Crippen molar-refractivity contribution in [3.8, 4) is 34.4 Å². The summed E-state index contributed by atoms with van der Waals surface area (Å²) in [5.41, 5.74) is 18.4. The van der Waals surface area contributed by atoms with Gasteiger partial charge in [0.1, 0.15) is 22.3 Å². The van der Waals surface area contributed by atoms with Crippen LogP contribution in [0.2, 0.25) is 0 Å². The van der Waals surface area contributed by atoms with Crippen LogP contribution in [0.1, 0.15) is 153 Å². The Bertz CT molecular complexity index is 6950. The van der Waals surface area contributed by atoms with Crippen LogP contribution in [0.25, 0.3) is 154 Å². The number of hydrogen-bond acceptors (Lipinski definition) is 18. The maximum absolute atomic E-state index is 7.04. The third-order valence-electron chi connectivity index (χ3n) is 28.9. The monoisotopic (exact) mass is 1830 g/mol. The molecular formula is C116H128N6O14. The fourth-order valence-electron chi connectivity index (χ4n) is 19.9. The van der Waals surface area contributed by atoms with Crippen LogP contribution in [0.5, 0.6) is 0 Å². The lowest BCUT2D eigenvalue weighted by molar-refractivity contribution is -0.150. The van der Waals surface area contributed by atoms with E-state index in [9.17, 15) is 0 Å². The van der Waals surface area contributed by atoms with Crippen molar-refractivity contribution in [2.75, 3.05) is 132 Å². The summed E-state index contributed by atoms with van der Waals surface area (Å²) in [5.74, 6) is 1.22. The third-order valence-corrected chi connectivity index (χ3v) is 28.9. The summed E-state index contributed by atoms with van der Waals surface area (Å²) in [7, 11) is 0. The molecule has 10 heterocycles. The largest absolute Gasteiger partial charge is 0.456 e. The van der Waals surface area contributed by atoms with E-state index < -0.39 is 0 Å². The highest BCUT2D eigenvalue weighted by Crippen LogP contribution is 2.49. The fraction of sp³-hybridized carbons (Fsp3) is 0.414. The first kappa shape index (κ1) is 92.8. The van der Waals surface area contributed by atoms with Gasteiger partial charge in [0.2, 0.25) is 11.9 Å². The van der Waals surface area contributed by atoms with Gasteiger partial charge in [0.05, 0.1) is 161 Å². The van der Waals surface area contributed by atoms with Crippen molar-refractivity contribution in [1.29, 1.82) is 0 Å². The van der Waals surface area contributed by atoms with Crippen LogP contribution in [0.15, 0.2) is 227 Å². The second-order valence-corrected chi connectivity index (χ2v) is 38.6. The van der Waals surface area contributed by atoms with Gasteiger partial charge in [-0.2, -0.15) is 0 Å². The molecule has 0 aliphatic carbocycles. The summed E-state index contributed by atoms with van der Waals surface area (Å²) in [6.07, 6.45) is 16.9. The van der Waals surface area contributed by atoms with Crippen LogP contribution in [0.3, 0.4) is 0 Å². The van der Waals surface area contributed by atoms with E-state index in [4.69, 9.17) is 85.6 Å². The molecule has 706 valence electrons. The first-order valence-electron chi connectivity index (χ1n) is 49.9. The molecule has 6 aromatic heterocycles. The van der Waals surface area contributed by atoms with Crippen LogP contribution in [0.4, 0.5) is 0 Å². The Balaban J connectivity index is 0.000000169. The topological polar surface area (TPSA) is 198 Å². The number of fused-ring (bicyclic) bond motifs is 19. The number of furan rings is 2. The Labute approximate surface area is 795 Å². The quantitative estimate of drug-likeness (QED) is 0.0326. The van der Waals surface area contributed by atoms with Crippen LogP contribution in [-0.2, 0) is 83.3 Å². The van der Waals surface area contributed by atoms with E-state index in [-0.39, 0.29) is 21.7 Å². The standard InChI is InChI=1S/C60H65N3O7.C56H63N3O7/c1-3-59(38-68-39-59)36-66-30-16-6-14-28-64-34-42-24-26-51-48(32-42)54-56(63(51)58-61-50-23-13-12-22-47(50)55(62-58)44-18-8-5-9-19-44)46-21-11-10-20-45(46)53-49-33-43(25-27-52(49)70-57(53)54)35-65-29-15-7-17-31-67-37-60(4-2)40-69-41-60;1-3-55(36-64-37-55)34-62-28-14-6-12-26-60-32-40-20-23-48-45(30-40)43-22-25-50-51(53(43)59(48)54-57-47-19-11-10-18-44(47)52(58-54)42-16-8-5-9-17-42)46-31-41(21-24-49(46)66-50)33-61-27-13-7-15-29-63-35-56(4-2)38-65-39-56/h5,8-13,18-27,32-33H,3-4,6-7,14-17,28-31,34-41H2,1-2H3;5,8-11,16-25,30-31H,3-4,6-7,12-15,26-29,32-39H2,1-2H3. The van der Waals surface area contributed by atoms with Gasteiger partial charge >= 0.3 is 0 Å². The third kappa shape index (κ3) is 20.0. The molecule has 0 atom stereocenters. The number of para-hydroxylation sites is 2. The lowest BCUT2D eigenvalue weighted by atomic mass is 9.84. The van der Waals surface area contributed by atoms with Gasteiger partial charge in [-0.25, -0.2) is 19.9 Å². The van der Waals surface area contributed by atoms with Crippen molar-refractivity contribution in [2.45, 2.75) is 157 Å². The minimum Gasteiger partial charge on any atom is -0.456 e. The second-order valence-electron chi connectivity index (χ2n) is 38.6. The van der Waals surface area contributed by atoms with E-state index in [1.54, 1.807) is 0 Å². The summed E-state index contributed by atoms with van der Waals surface area (Å²) < 4.78 is 89.2. The molecule has 0 saturated carbocycles. The van der Waals surface area contributed by atoms with Crippen molar-refractivity contribution in [2.24, 2.45) is 21.7 Å². The van der Waals surface area contributed by atoms with Gasteiger partial charge in [0.15, 0.2) is 0 Å². The van der Waals surface area contributed by atoms with Crippen molar-refractivity contribution < 1.29 is 65.7 Å². The van der Waals surface area contributed by atoms with E-state index in [2.05, 4.69) is 231 Å². The summed E-state index contributed by atoms with van der Waals surface area (Å²) >= 11 is 0. The molecule has 0 radical (unpaired) electrons. The normalized spacial score (nSPS) is 15.5. The maximum Gasteiger partial charge on any atom is 0.235 e. The number of unbranched alkanes of at least 4 members (excludes halogenated alkanes) is 8. The average Bonchev–Trinajstić information content (AvgIpc) is 1.53. The zero-order valence-electron chi connectivity index (χ0n) is 79.5. The summed E-state index contributed by atoms with van der Waals surface area (Å²) in [4.78, 5) is 21.4. The van der Waals surface area contributed by atoms with Gasteiger partial charge in [-0.05, 0) is 203 Å². The molecule has 0 bridgehead atoms. The highest BCUT2D eigenvalue weighted by Gasteiger charge is 2.40. The minimum atomic E-state index is 0.229. The number of rotatable bonds is 48. The van der Waals surface area contributed by atoms with Gasteiger partial charge in [0, 0.05) is 134 Å². The summed E-state index contributed by atoms with van der Waals surface area (Å²) in [5, 5.41) is 12.8. The molecular weight excluding hydrogens is 1700 g/mol. The highest BCUT2D eigenvalue weighted by molar-refractivity contribution is 6.35. The Hall–Kier alpha value is -10.9. The predicted octanol–water partition coefficient (Wildman–Crippen LogP) is 26.3. The first-order valence-corrected chi connectivity index (χ1v) is 49.9. The van der Waals surface area contributed by atoms with E-state index in [0.717, 1.165) is 373 Å². The van der Waals surface area contributed by atoms with E-state index in [1.165, 1.54) is 0 Å². The lowest BCUT2D eigenvalue weighted by Gasteiger charge is -2.40.